The lowest BCUT2D eigenvalue weighted by atomic mass is 10.2. The van der Waals surface area contributed by atoms with E-state index in [2.05, 4.69) is 36.3 Å². The summed E-state index contributed by atoms with van der Waals surface area (Å²) in [6, 6.07) is 11.8. The van der Waals surface area contributed by atoms with Gasteiger partial charge in [0.2, 0.25) is 0 Å². The Morgan fingerprint density at radius 1 is 0.700 bits per heavy atom. The Balaban J connectivity index is 0.000000289. The highest BCUT2D eigenvalue weighted by molar-refractivity contribution is 5.45. The molecule has 20 heavy (non-hydrogen) atoms. The SMILES string of the molecule is C=CC=C.C=Cc1ccccc1.C=Cc1ncccn1. The van der Waals surface area contributed by atoms with Gasteiger partial charge >= 0.3 is 0 Å². The molecule has 0 unspecified atom stereocenters. The van der Waals surface area contributed by atoms with Crippen LogP contribution < -0.4 is 0 Å². The lowest BCUT2D eigenvalue weighted by Crippen LogP contribution is -1.80. The molecule has 0 saturated heterocycles. The number of hydrogen-bond donors (Lipinski definition) is 0. The summed E-state index contributed by atoms with van der Waals surface area (Å²) in [4.78, 5) is 7.74. The standard InChI is InChI=1S/C8H8.C6H6N2.C4H6/c1-2-8-6-4-3-5-7-8;1-2-6-7-4-3-5-8-6;1-3-4-2/h2-7H,1H2;2-5H,1H2;3-4H,1-2H2. The summed E-state index contributed by atoms with van der Waals surface area (Å²) in [5.41, 5.74) is 1.17. The van der Waals surface area contributed by atoms with Gasteiger partial charge in [-0.3, -0.25) is 0 Å². The number of nitrogens with zero attached hydrogens (tertiary/aromatic N) is 2. The zero-order valence-corrected chi connectivity index (χ0v) is 11.7. The molecular formula is C18H20N2. The van der Waals surface area contributed by atoms with Gasteiger partial charge in [-0.2, -0.15) is 0 Å². The maximum absolute atomic E-state index is 3.87. The Labute approximate surface area is 121 Å². The molecule has 0 atom stereocenters. The molecule has 0 radical (unpaired) electrons. The molecule has 0 fully saturated rings. The Morgan fingerprint density at radius 2 is 1.25 bits per heavy atom. The molecule has 0 N–H and O–H groups in total. The Bertz CT molecular complexity index is 452. The highest BCUT2D eigenvalue weighted by Gasteiger charge is 1.79. The molecule has 1 heterocycles. The van der Waals surface area contributed by atoms with Gasteiger partial charge < -0.3 is 0 Å². The van der Waals surface area contributed by atoms with Crippen LogP contribution in [-0.4, -0.2) is 9.97 Å². The van der Waals surface area contributed by atoms with Crippen LogP contribution in [0, 0.1) is 0 Å². The van der Waals surface area contributed by atoms with Crippen LogP contribution in [0.25, 0.3) is 12.2 Å². The van der Waals surface area contributed by atoms with Crippen molar-refractivity contribution < 1.29 is 0 Å². The van der Waals surface area contributed by atoms with Gasteiger partial charge in [0.15, 0.2) is 5.82 Å². The number of benzene rings is 1. The van der Waals surface area contributed by atoms with Crippen molar-refractivity contribution in [2.24, 2.45) is 0 Å². The zero-order chi connectivity index (χ0) is 15.1. The third-order valence-electron chi connectivity index (χ3n) is 1.97. The Hall–Kier alpha value is -2.74. The van der Waals surface area contributed by atoms with Crippen molar-refractivity contribution in [2.75, 3.05) is 0 Å². The summed E-state index contributed by atoms with van der Waals surface area (Å²) >= 11 is 0. The zero-order valence-electron chi connectivity index (χ0n) is 11.7. The van der Waals surface area contributed by atoms with Crippen LogP contribution in [0.15, 0.2) is 87.3 Å². The minimum atomic E-state index is 0.674. The average Bonchev–Trinajstić information content (AvgIpc) is 2.57. The second-order valence-corrected chi connectivity index (χ2v) is 3.40. The van der Waals surface area contributed by atoms with Crippen molar-refractivity contribution in [3.63, 3.8) is 0 Å². The summed E-state index contributed by atoms with van der Waals surface area (Å²) in [5, 5.41) is 0. The van der Waals surface area contributed by atoms with Gasteiger partial charge in [0.25, 0.3) is 0 Å². The summed E-state index contributed by atoms with van der Waals surface area (Å²) in [6.07, 6.45) is 10.1. The molecule has 2 rings (SSSR count). The average molecular weight is 264 g/mol. The first-order valence-electron chi connectivity index (χ1n) is 6.08. The van der Waals surface area contributed by atoms with Crippen LogP contribution in [-0.2, 0) is 0 Å². The van der Waals surface area contributed by atoms with Crippen LogP contribution in [0.2, 0.25) is 0 Å². The van der Waals surface area contributed by atoms with Crippen molar-refractivity contribution in [3.8, 4) is 0 Å². The molecule has 102 valence electrons. The summed E-state index contributed by atoms with van der Waals surface area (Å²) < 4.78 is 0. The Kier molecular flexibility index (Phi) is 11.0. The minimum Gasteiger partial charge on any atom is -0.237 e. The van der Waals surface area contributed by atoms with Crippen molar-refractivity contribution in [3.05, 3.63) is 98.6 Å². The quantitative estimate of drug-likeness (QED) is 0.744. The molecule has 2 nitrogen and oxygen atoms in total. The fourth-order valence-corrected chi connectivity index (χ4v) is 1.01. The van der Waals surface area contributed by atoms with Crippen LogP contribution in [0.1, 0.15) is 11.4 Å². The molecule has 1 aromatic carbocycles. The van der Waals surface area contributed by atoms with Crippen molar-refractivity contribution in [1.29, 1.82) is 0 Å². The van der Waals surface area contributed by atoms with E-state index in [1.165, 1.54) is 5.56 Å². The number of allylic oxidation sites excluding steroid dienone is 2. The van der Waals surface area contributed by atoms with Gasteiger partial charge in [-0.05, 0) is 17.7 Å². The monoisotopic (exact) mass is 264 g/mol. The van der Waals surface area contributed by atoms with Gasteiger partial charge in [0.05, 0.1) is 0 Å². The van der Waals surface area contributed by atoms with E-state index in [4.69, 9.17) is 0 Å². The number of rotatable bonds is 3. The van der Waals surface area contributed by atoms with E-state index < -0.39 is 0 Å². The predicted molar refractivity (Wildman–Crippen MR) is 89.1 cm³/mol. The van der Waals surface area contributed by atoms with E-state index in [0.717, 1.165) is 0 Å². The van der Waals surface area contributed by atoms with Crippen LogP contribution in [0.5, 0.6) is 0 Å². The van der Waals surface area contributed by atoms with Gasteiger partial charge in [-0.15, -0.1) is 0 Å². The van der Waals surface area contributed by atoms with Crippen LogP contribution in [0.4, 0.5) is 0 Å². The molecule has 1 aromatic heterocycles. The van der Waals surface area contributed by atoms with Crippen molar-refractivity contribution in [1.82, 2.24) is 9.97 Å². The first-order chi connectivity index (χ1) is 9.78. The van der Waals surface area contributed by atoms with Gasteiger partial charge in [-0.1, -0.05) is 74.9 Å². The van der Waals surface area contributed by atoms with Gasteiger partial charge in [0, 0.05) is 12.4 Å². The maximum atomic E-state index is 3.87. The summed E-state index contributed by atoms with van der Waals surface area (Å²) in [7, 11) is 0. The van der Waals surface area contributed by atoms with Crippen molar-refractivity contribution >= 4 is 12.2 Å². The van der Waals surface area contributed by atoms with Gasteiger partial charge in [0.1, 0.15) is 0 Å². The van der Waals surface area contributed by atoms with Crippen LogP contribution >= 0.6 is 0 Å². The van der Waals surface area contributed by atoms with Gasteiger partial charge in [-0.25, -0.2) is 9.97 Å². The molecule has 0 aliphatic heterocycles. The number of aromatic nitrogens is 2. The molecule has 0 bridgehead atoms. The lowest BCUT2D eigenvalue weighted by Gasteiger charge is -1.85. The summed E-state index contributed by atoms with van der Waals surface area (Å²) in [6.45, 7) is 13.9. The molecule has 0 saturated carbocycles. The van der Waals surface area contributed by atoms with Crippen molar-refractivity contribution in [2.45, 2.75) is 0 Å². The smallest absolute Gasteiger partial charge is 0.151 e. The van der Waals surface area contributed by atoms with E-state index in [-0.39, 0.29) is 0 Å². The summed E-state index contributed by atoms with van der Waals surface area (Å²) in [5.74, 6) is 0.674. The number of hydrogen-bond acceptors (Lipinski definition) is 2. The molecule has 2 aromatic rings. The molecule has 0 aliphatic rings. The Morgan fingerprint density at radius 3 is 1.55 bits per heavy atom. The van der Waals surface area contributed by atoms with E-state index >= 15 is 0 Å². The third-order valence-corrected chi connectivity index (χ3v) is 1.97. The topological polar surface area (TPSA) is 25.8 Å². The molecule has 0 amide bonds. The highest BCUT2D eigenvalue weighted by Crippen LogP contribution is 1.97. The maximum Gasteiger partial charge on any atom is 0.151 e. The first-order valence-corrected chi connectivity index (χ1v) is 6.08. The van der Waals surface area contributed by atoms with E-state index in [9.17, 15) is 0 Å². The molecular weight excluding hydrogens is 244 g/mol. The second kappa shape index (κ2) is 12.7. The largest absolute Gasteiger partial charge is 0.237 e. The van der Waals surface area contributed by atoms with E-state index in [0.29, 0.717) is 5.82 Å². The normalized spacial score (nSPS) is 7.80. The molecule has 2 heteroatoms. The molecule has 0 spiro atoms. The minimum absolute atomic E-state index is 0.674. The lowest BCUT2D eigenvalue weighted by molar-refractivity contribution is 1.14. The highest BCUT2D eigenvalue weighted by atomic mass is 14.8. The predicted octanol–water partition coefficient (Wildman–Crippen LogP) is 4.81. The van der Waals surface area contributed by atoms with E-state index in [1.807, 2.05) is 36.4 Å². The van der Waals surface area contributed by atoms with E-state index in [1.54, 1.807) is 36.7 Å². The molecule has 0 aliphatic carbocycles. The van der Waals surface area contributed by atoms with Crippen LogP contribution in [0.3, 0.4) is 0 Å². The second-order valence-electron chi connectivity index (χ2n) is 3.40. The fraction of sp³-hybridized carbons (Fsp3) is 0. The fourth-order valence-electron chi connectivity index (χ4n) is 1.01. The third kappa shape index (κ3) is 9.31. The first kappa shape index (κ1) is 17.3.